The number of carbonyl (C=O) groups excluding carboxylic acids is 3. The largest absolute Gasteiger partial charge is 0.462 e. The number of amides is 1. The number of ether oxygens (including phenoxy) is 2. The molecule has 2 heterocycles. The van der Waals surface area contributed by atoms with E-state index in [1.54, 1.807) is 69.4 Å². The van der Waals surface area contributed by atoms with Crippen molar-refractivity contribution in [3.8, 4) is 0 Å². The molecule has 3 aromatic rings. The number of nitrogens with zero attached hydrogens (tertiary/aromatic N) is 2. The molecule has 1 N–H and O–H groups in total. The molecule has 0 aliphatic carbocycles. The number of amidine groups is 1. The average molecular weight is 588 g/mol. The number of likely N-dealkylation sites (N-methyl/N-ethyl adjacent to an activating group) is 1. The van der Waals surface area contributed by atoms with Gasteiger partial charge in [0.05, 0.1) is 29.4 Å². The van der Waals surface area contributed by atoms with Crippen LogP contribution in [-0.2, 0) is 14.3 Å². The Kier molecular flexibility index (Phi) is 9.01. The van der Waals surface area contributed by atoms with Crippen LogP contribution in [0.4, 0.5) is 17.3 Å². The summed E-state index contributed by atoms with van der Waals surface area (Å²) in [5.41, 5.74) is 1.54. The second-order valence-electron chi connectivity index (χ2n) is 7.97. The number of furan rings is 1. The van der Waals surface area contributed by atoms with Crippen molar-refractivity contribution in [2.45, 2.75) is 13.8 Å². The number of nitrogens with one attached hydrogen (secondary N) is 1. The van der Waals surface area contributed by atoms with Crippen molar-refractivity contribution >= 4 is 81.3 Å². The van der Waals surface area contributed by atoms with Gasteiger partial charge in [0, 0.05) is 23.8 Å². The lowest BCUT2D eigenvalue weighted by Crippen LogP contribution is -2.23. The summed E-state index contributed by atoms with van der Waals surface area (Å²) in [6, 6.07) is 13.3. The van der Waals surface area contributed by atoms with Crippen molar-refractivity contribution in [3.63, 3.8) is 0 Å². The molecule has 12 heteroatoms. The number of thioether (sulfide) groups is 1. The molecule has 39 heavy (non-hydrogen) atoms. The van der Waals surface area contributed by atoms with Crippen LogP contribution in [0.1, 0.15) is 40.3 Å². The summed E-state index contributed by atoms with van der Waals surface area (Å²) in [5, 5.41) is 3.95. The molecule has 0 unspecified atom stereocenters. The minimum Gasteiger partial charge on any atom is -0.462 e. The summed E-state index contributed by atoms with van der Waals surface area (Å²) in [7, 11) is 1.59. The predicted octanol–water partition coefficient (Wildman–Crippen LogP) is 6.92. The summed E-state index contributed by atoms with van der Waals surface area (Å²) in [6.07, 6.45) is 1.45. The van der Waals surface area contributed by atoms with Crippen molar-refractivity contribution < 1.29 is 28.3 Å². The highest BCUT2D eigenvalue weighted by atomic mass is 35.5. The fourth-order valence-electron chi connectivity index (χ4n) is 3.43. The van der Waals surface area contributed by atoms with Crippen LogP contribution >= 0.6 is 35.0 Å². The number of hydrogen-bond acceptors (Lipinski definition) is 9. The van der Waals surface area contributed by atoms with Gasteiger partial charge in [-0.05, 0) is 74.1 Å². The Hall–Kier alpha value is -3.73. The fraction of sp³-hybridized carbons (Fsp3) is 0.185. The lowest BCUT2D eigenvalue weighted by Gasteiger charge is -2.07. The van der Waals surface area contributed by atoms with E-state index in [1.165, 1.54) is 11.0 Å². The summed E-state index contributed by atoms with van der Waals surface area (Å²) in [4.78, 5) is 43.7. The van der Waals surface area contributed by atoms with Crippen LogP contribution in [0, 0.1) is 0 Å². The van der Waals surface area contributed by atoms with E-state index in [4.69, 9.17) is 37.1 Å². The van der Waals surface area contributed by atoms with Gasteiger partial charge in [0.2, 0.25) is 5.88 Å². The number of anilines is 2. The summed E-state index contributed by atoms with van der Waals surface area (Å²) in [5.74, 6) is -1.28. The zero-order valence-electron chi connectivity index (χ0n) is 21.1. The fourth-order valence-corrected chi connectivity index (χ4v) is 4.77. The third kappa shape index (κ3) is 6.47. The van der Waals surface area contributed by atoms with E-state index in [0.717, 1.165) is 11.8 Å². The van der Waals surface area contributed by atoms with Crippen molar-refractivity contribution in [2.75, 3.05) is 25.6 Å². The lowest BCUT2D eigenvalue weighted by molar-refractivity contribution is -0.121. The van der Waals surface area contributed by atoms with Gasteiger partial charge in [0.1, 0.15) is 16.3 Å². The van der Waals surface area contributed by atoms with Gasteiger partial charge in [0.25, 0.3) is 5.91 Å². The summed E-state index contributed by atoms with van der Waals surface area (Å²) >= 11 is 13.6. The number of benzene rings is 2. The standard InChI is InChI=1S/C27H23Cl2N3O6S/c1-4-36-25(34)15-6-10-18(11-7-15)31-27-32(3)24(33)20(39-27)14-19-22(29)21(26(35)37-5-2)23(38-19)30-17-12-8-16(28)9-13-17/h6-14,30H,4-5H2,1-3H3/b20-14-,31-27?. The Labute approximate surface area is 238 Å². The van der Waals surface area contributed by atoms with Crippen LogP contribution in [0.5, 0.6) is 0 Å². The van der Waals surface area contributed by atoms with E-state index < -0.39 is 11.9 Å². The first kappa shape index (κ1) is 28.3. The number of halogens is 2. The van der Waals surface area contributed by atoms with Crippen molar-refractivity contribution in [1.82, 2.24) is 4.90 Å². The van der Waals surface area contributed by atoms with Gasteiger partial charge in [-0.3, -0.25) is 9.69 Å². The Morgan fingerprint density at radius 2 is 1.67 bits per heavy atom. The van der Waals surface area contributed by atoms with Crippen LogP contribution in [0.15, 0.2) is 62.8 Å². The van der Waals surface area contributed by atoms with Crippen molar-refractivity contribution in [1.29, 1.82) is 0 Å². The van der Waals surface area contributed by atoms with E-state index in [1.807, 2.05) is 0 Å². The highest BCUT2D eigenvalue weighted by molar-refractivity contribution is 8.18. The highest BCUT2D eigenvalue weighted by Crippen LogP contribution is 2.39. The number of aliphatic imine (C=N–C) groups is 1. The second-order valence-corrected chi connectivity index (χ2v) is 9.80. The van der Waals surface area contributed by atoms with Crippen LogP contribution in [0.2, 0.25) is 10.0 Å². The topological polar surface area (TPSA) is 110 Å². The van der Waals surface area contributed by atoms with E-state index in [0.29, 0.717) is 27.1 Å². The first-order valence-corrected chi connectivity index (χ1v) is 13.3. The maximum absolute atomic E-state index is 13.0. The third-order valence-corrected chi connectivity index (χ3v) is 7.01. The van der Waals surface area contributed by atoms with Crippen LogP contribution in [-0.4, -0.2) is 48.2 Å². The Morgan fingerprint density at radius 1 is 1.03 bits per heavy atom. The number of esters is 2. The zero-order chi connectivity index (χ0) is 28.1. The number of rotatable bonds is 8. The zero-order valence-corrected chi connectivity index (χ0v) is 23.4. The SMILES string of the molecule is CCOC(=O)c1ccc(N=C2S/C(=C\c3oc(Nc4ccc(Cl)cc4)c(C(=O)OCC)c3Cl)C(=O)N2C)cc1. The van der Waals surface area contributed by atoms with E-state index in [-0.39, 0.29) is 46.3 Å². The van der Waals surface area contributed by atoms with E-state index in [9.17, 15) is 14.4 Å². The smallest absolute Gasteiger partial charge is 0.345 e. The molecule has 0 atom stereocenters. The molecule has 1 aromatic heterocycles. The normalized spacial score (nSPS) is 15.2. The minimum absolute atomic E-state index is 0.000280. The van der Waals surface area contributed by atoms with Crippen LogP contribution in [0.25, 0.3) is 6.08 Å². The molecule has 0 radical (unpaired) electrons. The van der Waals surface area contributed by atoms with Gasteiger partial charge in [-0.25, -0.2) is 14.6 Å². The van der Waals surface area contributed by atoms with Gasteiger partial charge in [-0.2, -0.15) is 0 Å². The number of carbonyl (C=O) groups is 3. The van der Waals surface area contributed by atoms with Gasteiger partial charge >= 0.3 is 11.9 Å². The quantitative estimate of drug-likeness (QED) is 0.223. The molecule has 2 aromatic carbocycles. The third-order valence-electron chi connectivity index (χ3n) is 5.33. The molecule has 1 fully saturated rings. The monoisotopic (exact) mass is 587 g/mol. The van der Waals surface area contributed by atoms with E-state index in [2.05, 4.69) is 10.3 Å². The molecule has 0 bridgehead atoms. The van der Waals surface area contributed by atoms with Crippen molar-refractivity contribution in [2.24, 2.45) is 4.99 Å². The molecule has 1 saturated heterocycles. The van der Waals surface area contributed by atoms with Gasteiger partial charge < -0.3 is 19.2 Å². The average Bonchev–Trinajstić information content (AvgIpc) is 3.36. The molecule has 1 aliphatic heterocycles. The Morgan fingerprint density at radius 3 is 2.31 bits per heavy atom. The number of hydrogen-bond donors (Lipinski definition) is 1. The van der Waals surface area contributed by atoms with E-state index >= 15 is 0 Å². The lowest BCUT2D eigenvalue weighted by atomic mass is 10.2. The molecule has 1 amide bonds. The maximum atomic E-state index is 13.0. The molecule has 202 valence electrons. The summed E-state index contributed by atoms with van der Waals surface area (Å²) in [6.45, 7) is 3.83. The molecule has 9 nitrogen and oxygen atoms in total. The molecular formula is C27H23Cl2N3O6S. The van der Waals surface area contributed by atoms with Gasteiger partial charge in [-0.15, -0.1) is 0 Å². The van der Waals surface area contributed by atoms with Gasteiger partial charge in [-0.1, -0.05) is 23.2 Å². The molecule has 0 saturated carbocycles. The van der Waals surface area contributed by atoms with Gasteiger partial charge in [0.15, 0.2) is 5.17 Å². The second kappa shape index (κ2) is 12.4. The van der Waals surface area contributed by atoms with Crippen LogP contribution < -0.4 is 5.32 Å². The highest BCUT2D eigenvalue weighted by Gasteiger charge is 2.32. The maximum Gasteiger partial charge on any atom is 0.345 e. The minimum atomic E-state index is -0.677. The molecular weight excluding hydrogens is 565 g/mol. The first-order valence-electron chi connectivity index (χ1n) is 11.8. The Balaban J connectivity index is 1.63. The Bertz CT molecular complexity index is 1470. The van der Waals surface area contributed by atoms with Crippen LogP contribution in [0.3, 0.4) is 0 Å². The summed E-state index contributed by atoms with van der Waals surface area (Å²) < 4.78 is 16.0. The molecule has 4 rings (SSSR count). The molecule has 0 spiro atoms. The first-order chi connectivity index (χ1) is 18.7. The predicted molar refractivity (Wildman–Crippen MR) is 152 cm³/mol. The molecule has 1 aliphatic rings. The van der Waals surface area contributed by atoms with Crippen molar-refractivity contribution in [3.05, 3.63) is 80.4 Å².